The Balaban J connectivity index is 2.44. The molecule has 2 N–H and O–H groups in total. The number of rotatable bonds is 3. The van der Waals surface area contributed by atoms with E-state index in [1.165, 1.54) is 6.92 Å². The van der Waals surface area contributed by atoms with Gasteiger partial charge in [0.05, 0.1) is 5.56 Å². The molecule has 8 heteroatoms. The summed E-state index contributed by atoms with van der Waals surface area (Å²) in [5.41, 5.74) is 6.95. The quantitative estimate of drug-likeness (QED) is 0.633. The van der Waals surface area contributed by atoms with Gasteiger partial charge in [0, 0.05) is 15.5 Å². The summed E-state index contributed by atoms with van der Waals surface area (Å²) in [6, 6.07) is 5.40. The lowest BCUT2D eigenvalue weighted by Crippen LogP contribution is -2.09. The van der Waals surface area contributed by atoms with Crippen LogP contribution in [0.25, 0.3) is 11.5 Å². The molecule has 0 saturated heterocycles. The van der Waals surface area contributed by atoms with Gasteiger partial charge in [-0.15, -0.1) is 0 Å². The Morgan fingerprint density at radius 3 is 2.74 bits per heavy atom. The zero-order valence-corrected chi connectivity index (χ0v) is 13.3. The monoisotopic (exact) mass is 393 g/mol. The fourth-order valence-corrected chi connectivity index (χ4v) is 2.38. The van der Waals surface area contributed by atoms with E-state index in [-0.39, 0.29) is 11.7 Å². The Bertz CT molecular complexity index is 712. The third-order valence-corrected chi connectivity index (χ3v) is 4.86. The number of hydrogen-bond acceptors (Lipinski definition) is 6. The van der Waals surface area contributed by atoms with Crippen molar-refractivity contribution in [2.75, 3.05) is 12.0 Å². The summed E-state index contributed by atoms with van der Waals surface area (Å²) in [5, 5.41) is 2.90. The van der Waals surface area contributed by atoms with Gasteiger partial charge in [0.2, 0.25) is 0 Å². The molecule has 0 amide bonds. The van der Waals surface area contributed by atoms with Crippen LogP contribution in [0.15, 0.2) is 22.7 Å². The summed E-state index contributed by atoms with van der Waals surface area (Å²) in [6.45, 7) is 1.52. The van der Waals surface area contributed by atoms with Crippen molar-refractivity contribution in [1.82, 2.24) is 10.1 Å². The molecule has 6 nitrogen and oxygen atoms in total. The highest BCUT2D eigenvalue weighted by Gasteiger charge is 2.24. The van der Waals surface area contributed by atoms with Crippen molar-refractivity contribution in [3.8, 4) is 11.5 Å². The van der Waals surface area contributed by atoms with Crippen LogP contribution in [0, 0.1) is 3.57 Å². The molecular weight excluding hydrogens is 381 g/mol. The first-order chi connectivity index (χ1) is 8.79. The minimum Gasteiger partial charge on any atom is -0.398 e. The van der Waals surface area contributed by atoms with Crippen molar-refractivity contribution in [1.29, 1.82) is 0 Å². The van der Waals surface area contributed by atoms with Gasteiger partial charge in [-0.1, -0.05) is 5.16 Å². The molecule has 0 saturated carbocycles. The van der Waals surface area contributed by atoms with E-state index >= 15 is 0 Å². The lowest BCUT2D eigenvalue weighted by Gasteiger charge is -2.02. The maximum absolute atomic E-state index is 11.5. The lowest BCUT2D eigenvalue weighted by atomic mass is 10.2. The van der Waals surface area contributed by atoms with Crippen LogP contribution in [0.5, 0.6) is 0 Å². The predicted octanol–water partition coefficient (Wildman–Crippen LogP) is 2.03. The first kappa shape index (κ1) is 14.3. The fraction of sp³-hybridized carbons (Fsp3) is 0.273. The van der Waals surface area contributed by atoms with Gasteiger partial charge in [0.15, 0.2) is 15.7 Å². The van der Waals surface area contributed by atoms with Gasteiger partial charge in [0.1, 0.15) is 5.25 Å². The molecule has 2 aromatic rings. The van der Waals surface area contributed by atoms with Crippen LogP contribution in [0.3, 0.4) is 0 Å². The van der Waals surface area contributed by atoms with Crippen molar-refractivity contribution in [3.63, 3.8) is 0 Å². The van der Waals surface area contributed by atoms with Gasteiger partial charge >= 0.3 is 0 Å². The summed E-state index contributed by atoms with van der Waals surface area (Å²) in [4.78, 5) is 4.11. The van der Waals surface area contributed by atoms with Gasteiger partial charge in [-0.05, 0) is 47.7 Å². The Morgan fingerprint density at radius 2 is 2.11 bits per heavy atom. The summed E-state index contributed by atoms with van der Waals surface area (Å²) >= 11 is 2.14. The average molecular weight is 393 g/mol. The zero-order valence-electron chi connectivity index (χ0n) is 10.3. The molecule has 1 unspecified atom stereocenters. The molecule has 1 heterocycles. The highest BCUT2D eigenvalue weighted by atomic mass is 127. The highest BCUT2D eigenvalue weighted by molar-refractivity contribution is 14.1. The molecule has 0 aliphatic carbocycles. The molecule has 1 aromatic carbocycles. The molecule has 1 atom stereocenters. The number of anilines is 1. The number of nitrogens with two attached hydrogens (primary N) is 1. The first-order valence-corrected chi connectivity index (χ1v) is 8.40. The number of hydrogen-bond donors (Lipinski definition) is 1. The second-order valence-corrected chi connectivity index (χ2v) is 7.77. The predicted molar refractivity (Wildman–Crippen MR) is 80.1 cm³/mol. The molecule has 0 aliphatic rings. The van der Waals surface area contributed by atoms with Crippen LogP contribution in [-0.4, -0.2) is 24.8 Å². The summed E-state index contributed by atoms with van der Waals surface area (Å²) < 4.78 is 29.0. The topological polar surface area (TPSA) is 99.1 Å². The minimum absolute atomic E-state index is 0.135. The van der Waals surface area contributed by atoms with Crippen molar-refractivity contribution in [2.24, 2.45) is 0 Å². The second-order valence-electron chi connectivity index (χ2n) is 4.16. The largest absolute Gasteiger partial charge is 0.398 e. The van der Waals surface area contributed by atoms with E-state index in [4.69, 9.17) is 10.3 Å². The van der Waals surface area contributed by atoms with E-state index in [9.17, 15) is 8.42 Å². The van der Waals surface area contributed by atoms with E-state index in [0.29, 0.717) is 11.3 Å². The standard InChI is InChI=1S/C11H12IN3O3S/c1-6(19(2,16)17)10-14-11(18-15-10)8-5-7(12)3-4-9(8)13/h3-6H,13H2,1-2H3. The maximum atomic E-state index is 11.5. The van der Waals surface area contributed by atoms with Crippen LogP contribution in [-0.2, 0) is 9.84 Å². The maximum Gasteiger partial charge on any atom is 0.260 e. The Morgan fingerprint density at radius 1 is 1.42 bits per heavy atom. The Kier molecular flexibility index (Phi) is 3.81. The molecule has 0 spiro atoms. The van der Waals surface area contributed by atoms with E-state index in [0.717, 1.165) is 9.83 Å². The number of sulfone groups is 1. The minimum atomic E-state index is -3.26. The molecule has 0 aliphatic heterocycles. The highest BCUT2D eigenvalue weighted by Crippen LogP contribution is 2.28. The number of nitrogens with zero attached hydrogens (tertiary/aromatic N) is 2. The number of nitrogen functional groups attached to an aromatic ring is 1. The van der Waals surface area contributed by atoms with Gasteiger partial charge in [-0.3, -0.25) is 0 Å². The van der Waals surface area contributed by atoms with Crippen LogP contribution < -0.4 is 5.73 Å². The van der Waals surface area contributed by atoms with E-state index < -0.39 is 15.1 Å². The van der Waals surface area contributed by atoms with Gasteiger partial charge in [0.25, 0.3) is 5.89 Å². The van der Waals surface area contributed by atoms with Gasteiger partial charge in [-0.2, -0.15) is 4.98 Å². The zero-order chi connectivity index (χ0) is 14.2. The number of benzene rings is 1. The summed E-state index contributed by atoms with van der Waals surface area (Å²) in [6.07, 6.45) is 1.13. The van der Waals surface area contributed by atoms with Crippen molar-refractivity contribution < 1.29 is 12.9 Å². The third kappa shape index (κ3) is 3.06. The van der Waals surface area contributed by atoms with Crippen LogP contribution in [0.2, 0.25) is 0 Å². The van der Waals surface area contributed by atoms with Crippen LogP contribution in [0.4, 0.5) is 5.69 Å². The summed E-state index contributed by atoms with van der Waals surface area (Å²) in [7, 11) is -3.26. The Labute approximate surface area is 124 Å². The lowest BCUT2D eigenvalue weighted by molar-refractivity contribution is 0.422. The van der Waals surface area contributed by atoms with E-state index in [1.807, 2.05) is 6.07 Å². The van der Waals surface area contributed by atoms with Crippen molar-refractivity contribution in [2.45, 2.75) is 12.2 Å². The third-order valence-electron chi connectivity index (χ3n) is 2.69. The molecule has 0 bridgehead atoms. The molecular formula is C11H12IN3O3S. The average Bonchev–Trinajstić information content (AvgIpc) is 2.79. The number of aromatic nitrogens is 2. The molecule has 102 valence electrons. The van der Waals surface area contributed by atoms with Crippen molar-refractivity contribution in [3.05, 3.63) is 27.6 Å². The molecule has 19 heavy (non-hydrogen) atoms. The SMILES string of the molecule is CC(c1noc(-c2cc(I)ccc2N)n1)S(C)(=O)=O. The van der Waals surface area contributed by atoms with E-state index in [1.54, 1.807) is 12.1 Å². The second kappa shape index (κ2) is 5.08. The van der Waals surface area contributed by atoms with Crippen LogP contribution in [0.1, 0.15) is 18.0 Å². The van der Waals surface area contributed by atoms with Crippen LogP contribution >= 0.6 is 22.6 Å². The number of halogens is 1. The van der Waals surface area contributed by atoms with Gasteiger partial charge in [-0.25, -0.2) is 8.42 Å². The molecule has 1 aromatic heterocycles. The normalized spacial score (nSPS) is 13.4. The Hall–Kier alpha value is -1.16. The summed E-state index contributed by atoms with van der Waals surface area (Å²) in [5.74, 6) is 0.359. The van der Waals surface area contributed by atoms with Crippen molar-refractivity contribution >= 4 is 38.1 Å². The molecule has 0 radical (unpaired) electrons. The molecule has 2 rings (SSSR count). The first-order valence-electron chi connectivity index (χ1n) is 5.37. The molecule has 0 fully saturated rings. The van der Waals surface area contributed by atoms with E-state index in [2.05, 4.69) is 32.7 Å². The fourth-order valence-electron chi connectivity index (χ4n) is 1.41. The smallest absolute Gasteiger partial charge is 0.260 e. The van der Waals surface area contributed by atoms with Gasteiger partial charge < -0.3 is 10.3 Å².